The fourth-order valence-electron chi connectivity index (χ4n) is 4.90. The summed E-state index contributed by atoms with van der Waals surface area (Å²) in [6, 6.07) is 14.2. The van der Waals surface area contributed by atoms with Gasteiger partial charge in [0.15, 0.2) is 5.16 Å². The Bertz CT molecular complexity index is 1390. The fourth-order valence-corrected chi connectivity index (χ4v) is 5.64. The summed E-state index contributed by atoms with van der Waals surface area (Å²) < 4.78 is 17.6. The summed E-state index contributed by atoms with van der Waals surface area (Å²) in [4.78, 5) is 27.8. The lowest BCUT2D eigenvalue weighted by molar-refractivity contribution is -0.137. The molecule has 0 saturated carbocycles. The molecule has 0 spiro atoms. The third-order valence-electron chi connectivity index (χ3n) is 6.53. The van der Waals surface area contributed by atoms with E-state index in [1.54, 1.807) is 12.1 Å². The molecule has 2 aromatic heterocycles. The van der Waals surface area contributed by atoms with Crippen LogP contribution in [0.15, 0.2) is 53.7 Å². The number of carbonyl (C=O) groups is 2. The van der Waals surface area contributed by atoms with Crippen molar-refractivity contribution in [1.82, 2.24) is 24.1 Å². The smallest absolute Gasteiger partial charge is 0.243 e. The van der Waals surface area contributed by atoms with Gasteiger partial charge in [-0.05, 0) is 57.4 Å². The van der Waals surface area contributed by atoms with Gasteiger partial charge in [0.05, 0.1) is 22.5 Å². The van der Waals surface area contributed by atoms with Crippen molar-refractivity contribution in [3.8, 4) is 0 Å². The molecule has 0 radical (unpaired) electrons. The summed E-state index contributed by atoms with van der Waals surface area (Å²) >= 11 is 1.21. The predicted octanol–water partition coefficient (Wildman–Crippen LogP) is 4.34. The number of benzene rings is 2. The third-order valence-corrected chi connectivity index (χ3v) is 7.46. The van der Waals surface area contributed by atoms with Crippen LogP contribution < -0.4 is 5.32 Å². The zero-order chi connectivity index (χ0) is 24.5. The van der Waals surface area contributed by atoms with E-state index in [0.717, 1.165) is 30.3 Å². The van der Waals surface area contributed by atoms with Gasteiger partial charge in [0, 0.05) is 12.1 Å². The molecule has 1 aliphatic rings. The number of para-hydroxylation sites is 3. The van der Waals surface area contributed by atoms with E-state index in [1.807, 2.05) is 38.1 Å². The molecule has 5 rings (SSSR count). The highest BCUT2D eigenvalue weighted by Gasteiger charge is 2.30. The lowest BCUT2D eigenvalue weighted by Gasteiger charge is -2.39. The topological polar surface area (TPSA) is 84.5 Å². The number of hydrogen-bond acceptors (Lipinski definition) is 5. The van der Waals surface area contributed by atoms with Crippen LogP contribution in [0.4, 0.5) is 10.1 Å². The van der Waals surface area contributed by atoms with E-state index in [-0.39, 0.29) is 41.9 Å². The number of fused-ring (bicyclic) bond motifs is 3. The van der Waals surface area contributed by atoms with Crippen LogP contribution in [0, 0.1) is 5.82 Å². The van der Waals surface area contributed by atoms with Crippen LogP contribution in [0.2, 0.25) is 0 Å². The van der Waals surface area contributed by atoms with Gasteiger partial charge in [0.1, 0.15) is 12.4 Å². The molecule has 1 fully saturated rings. The lowest BCUT2D eigenvalue weighted by atomic mass is 9.97. The molecule has 35 heavy (non-hydrogen) atoms. The molecule has 4 aromatic rings. The Balaban J connectivity index is 1.40. The van der Waals surface area contributed by atoms with Crippen LogP contribution >= 0.6 is 11.8 Å². The van der Waals surface area contributed by atoms with Gasteiger partial charge in [0.2, 0.25) is 17.6 Å². The molecular weight excluding hydrogens is 467 g/mol. The van der Waals surface area contributed by atoms with Gasteiger partial charge in [-0.15, -0.1) is 10.2 Å². The molecule has 182 valence electrons. The monoisotopic (exact) mass is 494 g/mol. The molecule has 2 aromatic carbocycles. The minimum Gasteiger partial charge on any atom is -0.336 e. The lowest BCUT2D eigenvalue weighted by Crippen LogP contribution is -2.48. The zero-order valence-corrected chi connectivity index (χ0v) is 20.5. The Hall–Kier alpha value is -3.40. The first-order chi connectivity index (χ1) is 16.9. The Morgan fingerprint density at radius 2 is 1.71 bits per heavy atom. The van der Waals surface area contributed by atoms with Crippen molar-refractivity contribution in [2.24, 2.45) is 0 Å². The summed E-state index contributed by atoms with van der Waals surface area (Å²) in [6.07, 6.45) is 3.16. The number of imidazole rings is 1. The van der Waals surface area contributed by atoms with E-state index >= 15 is 0 Å². The number of nitrogens with one attached hydrogen (secondary N) is 1. The summed E-state index contributed by atoms with van der Waals surface area (Å²) in [5, 5.41) is 11.8. The standard InChI is InChI=1S/C25H27FN6O2S/c1-16-8-7-9-17(2)31(16)23(34)14-30-20-12-5-6-13-21(20)32-24(30)28-29-25(32)35-15-22(33)27-19-11-4-3-10-18(19)26/h3-6,10-13,16-17H,7-9,14-15H2,1-2H3,(H,27,33)/t16-,17+. The average Bonchev–Trinajstić information content (AvgIpc) is 3.38. The van der Waals surface area contributed by atoms with Crippen molar-refractivity contribution in [2.75, 3.05) is 11.1 Å². The number of likely N-dealkylation sites (tertiary alicyclic amines) is 1. The molecule has 1 aliphatic heterocycles. The van der Waals surface area contributed by atoms with Crippen LogP contribution in [-0.2, 0) is 16.1 Å². The number of piperidine rings is 1. The first-order valence-corrected chi connectivity index (χ1v) is 12.7. The van der Waals surface area contributed by atoms with Crippen molar-refractivity contribution in [3.63, 3.8) is 0 Å². The van der Waals surface area contributed by atoms with Gasteiger partial charge in [-0.25, -0.2) is 4.39 Å². The van der Waals surface area contributed by atoms with Crippen molar-refractivity contribution in [2.45, 2.75) is 56.9 Å². The van der Waals surface area contributed by atoms with Crippen molar-refractivity contribution < 1.29 is 14.0 Å². The van der Waals surface area contributed by atoms with Crippen molar-refractivity contribution in [3.05, 3.63) is 54.3 Å². The molecule has 0 aliphatic carbocycles. The van der Waals surface area contributed by atoms with E-state index in [9.17, 15) is 14.0 Å². The number of anilines is 1. The highest BCUT2D eigenvalue weighted by molar-refractivity contribution is 7.99. The Labute approximate surface area is 206 Å². The second kappa shape index (κ2) is 9.69. The Morgan fingerprint density at radius 3 is 2.46 bits per heavy atom. The Morgan fingerprint density at radius 1 is 1.03 bits per heavy atom. The number of hydrogen-bond donors (Lipinski definition) is 1. The van der Waals surface area contributed by atoms with Gasteiger partial charge >= 0.3 is 0 Å². The van der Waals surface area contributed by atoms with Gasteiger partial charge < -0.3 is 10.2 Å². The van der Waals surface area contributed by atoms with Gasteiger partial charge in [-0.1, -0.05) is 36.0 Å². The number of carbonyl (C=O) groups excluding carboxylic acids is 2. The molecule has 2 atom stereocenters. The zero-order valence-electron chi connectivity index (χ0n) is 19.6. The molecule has 1 N–H and O–H groups in total. The van der Waals surface area contributed by atoms with E-state index in [1.165, 1.54) is 23.9 Å². The van der Waals surface area contributed by atoms with Gasteiger partial charge in [-0.2, -0.15) is 0 Å². The van der Waals surface area contributed by atoms with E-state index < -0.39 is 5.82 Å². The van der Waals surface area contributed by atoms with Crippen LogP contribution in [0.3, 0.4) is 0 Å². The summed E-state index contributed by atoms with van der Waals surface area (Å²) in [6.45, 7) is 4.38. The van der Waals surface area contributed by atoms with E-state index in [4.69, 9.17) is 0 Å². The number of halogens is 1. The molecule has 1 saturated heterocycles. The summed E-state index contributed by atoms with van der Waals surface area (Å²) in [7, 11) is 0. The number of amides is 2. The van der Waals surface area contributed by atoms with E-state index in [0.29, 0.717) is 10.9 Å². The minimum atomic E-state index is -0.485. The van der Waals surface area contributed by atoms with Crippen molar-refractivity contribution >= 4 is 46.1 Å². The predicted molar refractivity (Wildman–Crippen MR) is 134 cm³/mol. The first kappa shape index (κ1) is 23.3. The second-order valence-corrected chi connectivity index (χ2v) is 9.88. The highest BCUT2D eigenvalue weighted by Crippen LogP contribution is 2.28. The minimum absolute atomic E-state index is 0.0381. The molecule has 0 unspecified atom stereocenters. The number of aromatic nitrogens is 4. The SMILES string of the molecule is C[C@@H]1CCC[C@H](C)N1C(=O)Cn1c2ccccc2n2c(SCC(=O)Nc3ccccc3F)nnc12. The van der Waals surface area contributed by atoms with Gasteiger partial charge in [0.25, 0.3) is 0 Å². The first-order valence-electron chi connectivity index (χ1n) is 11.7. The summed E-state index contributed by atoms with van der Waals surface area (Å²) in [5.74, 6) is -0.177. The average molecular weight is 495 g/mol. The molecule has 8 nitrogen and oxygen atoms in total. The van der Waals surface area contributed by atoms with Crippen LogP contribution in [0.5, 0.6) is 0 Å². The molecule has 2 amide bonds. The number of thioether (sulfide) groups is 1. The maximum atomic E-state index is 13.9. The number of rotatable bonds is 6. The molecule has 3 heterocycles. The fraction of sp³-hybridized carbons (Fsp3) is 0.360. The quantitative estimate of drug-likeness (QED) is 0.403. The van der Waals surface area contributed by atoms with E-state index in [2.05, 4.69) is 29.4 Å². The Kier molecular flexibility index (Phi) is 6.46. The van der Waals surface area contributed by atoms with Crippen molar-refractivity contribution in [1.29, 1.82) is 0 Å². The summed E-state index contributed by atoms with van der Waals surface area (Å²) in [5.41, 5.74) is 1.87. The second-order valence-electron chi connectivity index (χ2n) is 8.94. The third kappa shape index (κ3) is 4.50. The van der Waals surface area contributed by atoms with Crippen LogP contribution in [-0.4, -0.2) is 53.7 Å². The van der Waals surface area contributed by atoms with Crippen LogP contribution in [0.25, 0.3) is 16.8 Å². The molecule has 10 heteroatoms. The number of nitrogens with zero attached hydrogens (tertiary/aromatic N) is 5. The molecule has 0 bridgehead atoms. The maximum Gasteiger partial charge on any atom is 0.243 e. The molecular formula is C25H27FN6O2S. The largest absolute Gasteiger partial charge is 0.336 e. The normalized spacial score (nSPS) is 18.3. The maximum absolute atomic E-state index is 13.9. The van der Waals surface area contributed by atoms with Gasteiger partial charge in [-0.3, -0.25) is 18.6 Å². The van der Waals surface area contributed by atoms with Crippen LogP contribution in [0.1, 0.15) is 33.1 Å². The highest BCUT2D eigenvalue weighted by atomic mass is 32.2.